The summed E-state index contributed by atoms with van der Waals surface area (Å²) < 4.78 is 13.0. The number of nitrogens with one attached hydrogen (secondary N) is 2. The molecule has 2 N–H and O–H groups in total. The Morgan fingerprint density at radius 2 is 1.90 bits per heavy atom. The highest BCUT2D eigenvalue weighted by Crippen LogP contribution is 2.18. The first-order valence-electron chi connectivity index (χ1n) is 9.36. The van der Waals surface area contributed by atoms with E-state index in [1.54, 1.807) is 48.3 Å². The van der Waals surface area contributed by atoms with Gasteiger partial charge in [-0.3, -0.25) is 9.89 Å². The summed E-state index contributed by atoms with van der Waals surface area (Å²) in [5, 5.41) is 10.0. The fourth-order valence-electron chi connectivity index (χ4n) is 2.90. The van der Waals surface area contributed by atoms with Crippen molar-refractivity contribution >= 4 is 17.5 Å². The van der Waals surface area contributed by atoms with Crippen LogP contribution in [0.15, 0.2) is 54.6 Å². The van der Waals surface area contributed by atoms with Gasteiger partial charge in [-0.1, -0.05) is 12.1 Å². The van der Waals surface area contributed by atoms with E-state index in [2.05, 4.69) is 15.5 Å². The quantitative estimate of drug-likeness (QED) is 0.579. The van der Waals surface area contributed by atoms with Gasteiger partial charge in [-0.15, -0.1) is 0 Å². The van der Waals surface area contributed by atoms with Crippen molar-refractivity contribution in [2.24, 2.45) is 0 Å². The number of H-pyrrole nitrogens is 1. The Morgan fingerprint density at radius 3 is 2.62 bits per heavy atom. The molecule has 0 fully saturated rings. The Balaban J connectivity index is 1.49. The number of aryl methyl sites for hydroxylation is 1. The lowest BCUT2D eigenvalue weighted by Gasteiger charge is -2.18. The molecule has 0 radical (unpaired) electrons. The lowest BCUT2D eigenvalue weighted by molar-refractivity contribution is 0.101. The first-order chi connectivity index (χ1) is 13.9. The van der Waals surface area contributed by atoms with Crippen LogP contribution < -0.4 is 5.32 Å². The van der Waals surface area contributed by atoms with Gasteiger partial charge in [0.15, 0.2) is 5.78 Å². The molecule has 3 aromatic rings. The van der Waals surface area contributed by atoms with Crippen LogP contribution in [0.3, 0.4) is 0 Å². The Kier molecular flexibility index (Phi) is 6.39. The van der Waals surface area contributed by atoms with Crippen LogP contribution in [0.2, 0.25) is 0 Å². The molecule has 150 valence electrons. The molecule has 0 saturated carbocycles. The number of aromatic nitrogens is 2. The smallest absolute Gasteiger partial charge is 0.321 e. The number of anilines is 1. The zero-order valence-electron chi connectivity index (χ0n) is 16.4. The molecule has 7 heteroatoms. The lowest BCUT2D eigenvalue weighted by atomic mass is 10.1. The van der Waals surface area contributed by atoms with Crippen molar-refractivity contribution in [3.8, 4) is 11.3 Å². The molecule has 0 aliphatic rings. The summed E-state index contributed by atoms with van der Waals surface area (Å²) in [7, 11) is 1.72. The van der Waals surface area contributed by atoms with Gasteiger partial charge in [0.1, 0.15) is 5.82 Å². The van der Waals surface area contributed by atoms with E-state index >= 15 is 0 Å². The second-order valence-electron chi connectivity index (χ2n) is 6.88. The first kappa shape index (κ1) is 20.3. The molecular formula is C22H23FN4O2. The molecule has 2 amide bonds. The van der Waals surface area contributed by atoms with Crippen LogP contribution in [-0.4, -0.2) is 40.5 Å². The predicted octanol–water partition coefficient (Wildman–Crippen LogP) is 4.51. The molecule has 6 nitrogen and oxygen atoms in total. The third kappa shape index (κ3) is 5.51. The molecule has 0 saturated heterocycles. The lowest BCUT2D eigenvalue weighted by Crippen LogP contribution is -2.32. The molecule has 0 bridgehead atoms. The minimum atomic E-state index is -0.279. The average Bonchev–Trinajstić information content (AvgIpc) is 3.17. The number of aromatic amines is 1. The third-order valence-corrected chi connectivity index (χ3v) is 4.58. The number of rotatable bonds is 7. The van der Waals surface area contributed by atoms with Gasteiger partial charge >= 0.3 is 6.03 Å². The van der Waals surface area contributed by atoms with Crippen molar-refractivity contribution in [1.82, 2.24) is 15.1 Å². The van der Waals surface area contributed by atoms with Crippen LogP contribution in [0.5, 0.6) is 0 Å². The van der Waals surface area contributed by atoms with Gasteiger partial charge in [-0.05, 0) is 62.2 Å². The second-order valence-corrected chi connectivity index (χ2v) is 6.88. The van der Waals surface area contributed by atoms with E-state index in [1.807, 2.05) is 6.07 Å². The van der Waals surface area contributed by atoms with E-state index in [-0.39, 0.29) is 17.6 Å². The number of nitrogens with zero attached hydrogens (tertiary/aromatic N) is 2. The fourth-order valence-corrected chi connectivity index (χ4v) is 2.90. The molecule has 0 aliphatic heterocycles. The van der Waals surface area contributed by atoms with Gasteiger partial charge in [0.2, 0.25) is 0 Å². The van der Waals surface area contributed by atoms with E-state index in [0.29, 0.717) is 17.8 Å². The largest absolute Gasteiger partial charge is 0.328 e. The van der Waals surface area contributed by atoms with Crippen molar-refractivity contribution in [3.63, 3.8) is 0 Å². The molecule has 29 heavy (non-hydrogen) atoms. The van der Waals surface area contributed by atoms with Gasteiger partial charge in [0.25, 0.3) is 0 Å². The number of benzene rings is 2. The van der Waals surface area contributed by atoms with Crippen LogP contribution in [0.4, 0.5) is 14.9 Å². The van der Waals surface area contributed by atoms with E-state index in [9.17, 15) is 14.0 Å². The third-order valence-electron chi connectivity index (χ3n) is 4.58. The van der Waals surface area contributed by atoms with E-state index in [4.69, 9.17) is 0 Å². The highest BCUT2D eigenvalue weighted by molar-refractivity contribution is 5.96. The predicted molar refractivity (Wildman–Crippen MR) is 110 cm³/mol. The van der Waals surface area contributed by atoms with Crippen LogP contribution in [0, 0.1) is 5.82 Å². The zero-order valence-corrected chi connectivity index (χ0v) is 16.4. The van der Waals surface area contributed by atoms with E-state index in [1.165, 1.54) is 19.1 Å². The minimum Gasteiger partial charge on any atom is -0.328 e. The Labute approximate surface area is 168 Å². The molecule has 2 aromatic carbocycles. The summed E-state index contributed by atoms with van der Waals surface area (Å²) in [6.45, 7) is 2.05. The minimum absolute atomic E-state index is 0.0472. The highest BCUT2D eigenvalue weighted by atomic mass is 19.1. The number of Topliss-reactive ketones (excluding diaryl/α,β-unsaturated/α-hetero) is 1. The Bertz CT molecular complexity index is 998. The van der Waals surface area contributed by atoms with Crippen molar-refractivity contribution in [2.75, 3.05) is 18.9 Å². The maximum absolute atomic E-state index is 13.0. The molecule has 0 aliphatic carbocycles. The van der Waals surface area contributed by atoms with Gasteiger partial charge in [-0.2, -0.15) is 5.10 Å². The number of carbonyl (C=O) groups excluding carboxylic acids is 2. The topological polar surface area (TPSA) is 78.1 Å². The Hall–Kier alpha value is -3.48. The maximum Gasteiger partial charge on any atom is 0.321 e. The number of amides is 2. The van der Waals surface area contributed by atoms with Crippen LogP contribution in [0.25, 0.3) is 11.3 Å². The standard InChI is InChI=1S/C22H23FN4O2/c1-15(28)17-5-3-6-19(13-17)24-22(29)27(2)12-4-7-20-14-21(26-25-20)16-8-10-18(23)11-9-16/h3,5-6,8-11,13-14H,4,7,12H2,1-2H3,(H,24,29)(H,25,26). The number of urea groups is 1. The average molecular weight is 394 g/mol. The van der Waals surface area contributed by atoms with Gasteiger partial charge < -0.3 is 10.2 Å². The van der Waals surface area contributed by atoms with Crippen LogP contribution >= 0.6 is 0 Å². The summed E-state index contributed by atoms with van der Waals surface area (Å²) in [5.74, 6) is -0.326. The molecule has 0 unspecified atom stereocenters. The Morgan fingerprint density at radius 1 is 1.14 bits per heavy atom. The normalized spacial score (nSPS) is 10.6. The number of hydrogen-bond acceptors (Lipinski definition) is 3. The maximum atomic E-state index is 13.0. The van der Waals surface area contributed by atoms with Crippen LogP contribution in [-0.2, 0) is 6.42 Å². The van der Waals surface area contributed by atoms with Crippen molar-refractivity contribution in [2.45, 2.75) is 19.8 Å². The monoisotopic (exact) mass is 394 g/mol. The molecule has 0 atom stereocenters. The van der Waals surface area contributed by atoms with Gasteiger partial charge in [-0.25, -0.2) is 9.18 Å². The first-order valence-corrected chi connectivity index (χ1v) is 9.36. The van der Waals surface area contributed by atoms with Gasteiger partial charge in [0, 0.05) is 36.1 Å². The molecule has 3 rings (SSSR count). The summed E-state index contributed by atoms with van der Waals surface area (Å²) in [5.41, 5.74) is 3.70. The summed E-state index contributed by atoms with van der Waals surface area (Å²) in [6.07, 6.45) is 1.48. The number of carbonyl (C=O) groups is 2. The van der Waals surface area contributed by atoms with E-state index in [0.717, 1.165) is 29.8 Å². The number of ketones is 1. The molecular weight excluding hydrogens is 371 g/mol. The van der Waals surface area contributed by atoms with Crippen LogP contribution in [0.1, 0.15) is 29.4 Å². The van der Waals surface area contributed by atoms with Crippen molar-refractivity contribution in [1.29, 1.82) is 0 Å². The van der Waals surface area contributed by atoms with E-state index < -0.39 is 0 Å². The molecule has 1 aromatic heterocycles. The summed E-state index contributed by atoms with van der Waals surface area (Å²) in [6, 6.07) is 14.8. The van der Waals surface area contributed by atoms with Gasteiger partial charge in [0.05, 0.1) is 5.69 Å². The fraction of sp³-hybridized carbons (Fsp3) is 0.227. The second kappa shape index (κ2) is 9.14. The summed E-state index contributed by atoms with van der Waals surface area (Å²) in [4.78, 5) is 25.4. The van der Waals surface area contributed by atoms with Crippen molar-refractivity contribution in [3.05, 3.63) is 71.7 Å². The number of halogens is 1. The zero-order chi connectivity index (χ0) is 20.8. The summed E-state index contributed by atoms with van der Waals surface area (Å²) >= 11 is 0. The van der Waals surface area contributed by atoms with Crippen molar-refractivity contribution < 1.29 is 14.0 Å². The number of hydrogen-bond donors (Lipinski definition) is 2. The highest BCUT2D eigenvalue weighted by Gasteiger charge is 2.10. The molecule has 0 spiro atoms. The molecule has 1 heterocycles. The SMILES string of the molecule is CC(=O)c1cccc(NC(=O)N(C)CCCc2cc(-c3ccc(F)cc3)n[nH]2)c1.